The van der Waals surface area contributed by atoms with Crippen LogP contribution < -0.4 is 14.4 Å². The van der Waals surface area contributed by atoms with Crippen molar-refractivity contribution in [2.24, 2.45) is 4.40 Å². The minimum Gasteiger partial charge on any atom is -0.493 e. The molecule has 0 N–H and O–H groups in total. The van der Waals surface area contributed by atoms with Crippen LogP contribution in [0, 0.1) is 0 Å². The van der Waals surface area contributed by atoms with E-state index < -0.39 is 16.0 Å². The second kappa shape index (κ2) is 7.68. The summed E-state index contributed by atoms with van der Waals surface area (Å²) in [6.45, 7) is 0.655. The van der Waals surface area contributed by atoms with Gasteiger partial charge in [-0.25, -0.2) is 4.79 Å². The lowest BCUT2D eigenvalue weighted by atomic mass is 10.1. The van der Waals surface area contributed by atoms with Gasteiger partial charge in [-0.3, -0.25) is 0 Å². The standard InChI is InChI=1S/C20H19ClN2O5S/c1-27-16-7-4-5-8-17(16)28-20(24)13-11-18-15(12-14(13)21)23-10-6-2-3-9-19(23)22-29(18,25)26/h4-5,7-8,11-12H,2-3,6,9-10H2,1H3. The molecule has 4 rings (SSSR count). The maximum atomic E-state index is 12.8. The Bertz CT molecular complexity index is 1110. The number of benzene rings is 2. The van der Waals surface area contributed by atoms with Crippen molar-refractivity contribution in [3.63, 3.8) is 0 Å². The Labute approximate surface area is 174 Å². The fourth-order valence-electron chi connectivity index (χ4n) is 3.51. The molecule has 1 saturated heterocycles. The summed E-state index contributed by atoms with van der Waals surface area (Å²) in [5.74, 6) is 0.337. The van der Waals surface area contributed by atoms with E-state index in [4.69, 9.17) is 21.1 Å². The van der Waals surface area contributed by atoms with E-state index in [-0.39, 0.29) is 21.2 Å². The number of carbonyl (C=O) groups is 1. The van der Waals surface area contributed by atoms with Crippen molar-refractivity contribution < 1.29 is 22.7 Å². The predicted molar refractivity (Wildman–Crippen MR) is 110 cm³/mol. The molecule has 0 atom stereocenters. The average Bonchev–Trinajstić information content (AvgIpc) is 2.92. The molecule has 0 amide bonds. The molecule has 2 heterocycles. The number of esters is 1. The fourth-order valence-corrected chi connectivity index (χ4v) is 5.01. The number of nitrogens with zero attached hydrogens (tertiary/aromatic N) is 2. The van der Waals surface area contributed by atoms with Crippen molar-refractivity contribution >= 4 is 39.1 Å². The third kappa shape index (κ3) is 3.70. The van der Waals surface area contributed by atoms with E-state index in [1.165, 1.54) is 19.2 Å². The highest BCUT2D eigenvalue weighted by Gasteiger charge is 2.33. The molecule has 2 aliphatic heterocycles. The Morgan fingerprint density at radius 1 is 1.14 bits per heavy atom. The highest BCUT2D eigenvalue weighted by atomic mass is 35.5. The molecule has 0 spiro atoms. The molecule has 0 unspecified atom stereocenters. The fraction of sp³-hybridized carbons (Fsp3) is 0.300. The number of rotatable bonds is 3. The molecule has 0 aromatic heterocycles. The molecular weight excluding hydrogens is 416 g/mol. The smallest absolute Gasteiger partial charge is 0.345 e. The number of methoxy groups -OCH3 is 1. The van der Waals surface area contributed by atoms with Crippen molar-refractivity contribution in [3.05, 3.63) is 47.0 Å². The van der Waals surface area contributed by atoms with Gasteiger partial charge in [0.25, 0.3) is 10.0 Å². The van der Waals surface area contributed by atoms with Crippen LogP contribution in [-0.4, -0.2) is 33.9 Å². The van der Waals surface area contributed by atoms with Gasteiger partial charge in [0.1, 0.15) is 10.7 Å². The number of hydrogen-bond acceptors (Lipinski definition) is 6. The zero-order valence-corrected chi connectivity index (χ0v) is 17.3. The molecule has 9 heteroatoms. The van der Waals surface area contributed by atoms with Gasteiger partial charge in [0.2, 0.25) is 0 Å². The van der Waals surface area contributed by atoms with Crippen molar-refractivity contribution in [1.29, 1.82) is 0 Å². The number of halogens is 1. The van der Waals surface area contributed by atoms with Gasteiger partial charge in [0.05, 0.1) is 23.4 Å². The molecule has 29 heavy (non-hydrogen) atoms. The maximum absolute atomic E-state index is 12.8. The van der Waals surface area contributed by atoms with Gasteiger partial charge in [-0.2, -0.15) is 8.42 Å². The molecule has 2 aliphatic rings. The first-order chi connectivity index (χ1) is 13.9. The molecule has 0 radical (unpaired) electrons. The number of ether oxygens (including phenoxy) is 2. The van der Waals surface area contributed by atoms with E-state index in [1.807, 2.05) is 4.90 Å². The van der Waals surface area contributed by atoms with Gasteiger partial charge in [-0.15, -0.1) is 4.40 Å². The summed E-state index contributed by atoms with van der Waals surface area (Å²) in [6, 6.07) is 9.42. The Hall–Kier alpha value is -2.58. The van der Waals surface area contributed by atoms with Gasteiger partial charge >= 0.3 is 5.97 Å². The number of fused-ring (bicyclic) bond motifs is 3. The largest absolute Gasteiger partial charge is 0.493 e. The van der Waals surface area contributed by atoms with Gasteiger partial charge in [0, 0.05) is 13.0 Å². The van der Waals surface area contributed by atoms with Crippen LogP contribution in [0.3, 0.4) is 0 Å². The third-order valence-electron chi connectivity index (χ3n) is 4.93. The summed E-state index contributed by atoms with van der Waals surface area (Å²) in [4.78, 5) is 14.6. The molecule has 0 saturated carbocycles. The van der Waals surface area contributed by atoms with Crippen LogP contribution >= 0.6 is 11.6 Å². The first kappa shape index (κ1) is 19.7. The average molecular weight is 435 g/mol. The summed E-state index contributed by atoms with van der Waals surface area (Å²) in [5.41, 5.74) is 0.407. The van der Waals surface area contributed by atoms with Crippen molar-refractivity contribution in [2.45, 2.75) is 30.6 Å². The molecule has 152 valence electrons. The van der Waals surface area contributed by atoms with Crippen LogP contribution in [0.4, 0.5) is 5.69 Å². The Kier molecular flexibility index (Phi) is 5.23. The molecule has 2 aromatic carbocycles. The summed E-state index contributed by atoms with van der Waals surface area (Å²) >= 11 is 6.37. The SMILES string of the molecule is COc1ccccc1OC(=O)c1cc2c(cc1Cl)N1CCCCCC1=NS2(=O)=O. The zero-order valence-electron chi connectivity index (χ0n) is 15.7. The number of para-hydroxylation sites is 2. The van der Waals surface area contributed by atoms with Crippen LogP contribution in [0.2, 0.25) is 5.02 Å². The topological polar surface area (TPSA) is 85.3 Å². The molecule has 2 aromatic rings. The van der Waals surface area contributed by atoms with Gasteiger partial charge < -0.3 is 14.4 Å². The monoisotopic (exact) mass is 434 g/mol. The van der Waals surface area contributed by atoms with E-state index >= 15 is 0 Å². The van der Waals surface area contributed by atoms with Gasteiger partial charge in [0.15, 0.2) is 11.5 Å². The summed E-state index contributed by atoms with van der Waals surface area (Å²) in [6.07, 6.45) is 3.40. The van der Waals surface area contributed by atoms with Crippen molar-refractivity contribution in [3.8, 4) is 11.5 Å². The van der Waals surface area contributed by atoms with Gasteiger partial charge in [-0.1, -0.05) is 30.2 Å². The Morgan fingerprint density at radius 2 is 1.90 bits per heavy atom. The van der Waals surface area contributed by atoms with Crippen LogP contribution in [0.1, 0.15) is 36.0 Å². The number of carbonyl (C=O) groups excluding carboxylic acids is 1. The lowest BCUT2D eigenvalue weighted by molar-refractivity contribution is 0.0729. The second-order valence-corrected chi connectivity index (χ2v) is 8.76. The quantitative estimate of drug-likeness (QED) is 0.535. The normalized spacial score (nSPS) is 17.4. The van der Waals surface area contributed by atoms with E-state index in [9.17, 15) is 13.2 Å². The Balaban J connectivity index is 1.75. The number of sulfonamides is 1. The Morgan fingerprint density at radius 3 is 2.66 bits per heavy atom. The highest BCUT2D eigenvalue weighted by Crippen LogP contribution is 2.38. The summed E-state index contributed by atoms with van der Waals surface area (Å²) in [7, 11) is -2.47. The summed E-state index contributed by atoms with van der Waals surface area (Å²) < 4.78 is 40.1. The molecule has 0 aliphatic carbocycles. The van der Waals surface area contributed by atoms with Crippen LogP contribution in [0.25, 0.3) is 0 Å². The van der Waals surface area contributed by atoms with Gasteiger partial charge in [-0.05, 0) is 37.1 Å². The van der Waals surface area contributed by atoms with Crippen LogP contribution in [0.5, 0.6) is 11.5 Å². The van der Waals surface area contributed by atoms with E-state index in [0.29, 0.717) is 30.2 Å². The molecule has 1 fully saturated rings. The molecule has 7 nitrogen and oxygen atoms in total. The minimum absolute atomic E-state index is 0.0421. The van der Waals surface area contributed by atoms with Crippen LogP contribution in [-0.2, 0) is 10.0 Å². The lowest BCUT2D eigenvalue weighted by Gasteiger charge is -2.30. The zero-order chi connectivity index (χ0) is 20.6. The predicted octanol–water partition coefficient (Wildman–Crippen LogP) is 4.05. The third-order valence-corrected chi connectivity index (χ3v) is 6.57. The first-order valence-electron chi connectivity index (χ1n) is 9.21. The first-order valence-corrected chi connectivity index (χ1v) is 11.0. The number of hydrogen-bond donors (Lipinski definition) is 0. The van der Waals surface area contributed by atoms with E-state index in [1.54, 1.807) is 24.3 Å². The van der Waals surface area contributed by atoms with E-state index in [2.05, 4.69) is 4.40 Å². The summed E-state index contributed by atoms with van der Waals surface area (Å²) in [5, 5.41) is 0.115. The number of anilines is 1. The highest BCUT2D eigenvalue weighted by molar-refractivity contribution is 7.90. The lowest BCUT2D eigenvalue weighted by Crippen LogP contribution is -2.35. The molecular formula is C20H19ClN2O5S. The van der Waals surface area contributed by atoms with E-state index in [0.717, 1.165) is 19.3 Å². The second-order valence-electron chi connectivity index (χ2n) is 6.79. The maximum Gasteiger partial charge on any atom is 0.345 e. The van der Waals surface area contributed by atoms with Crippen molar-refractivity contribution in [1.82, 2.24) is 0 Å². The minimum atomic E-state index is -3.93. The molecule has 0 bridgehead atoms. The number of amidine groups is 1. The van der Waals surface area contributed by atoms with Crippen LogP contribution in [0.15, 0.2) is 45.7 Å². The van der Waals surface area contributed by atoms with Crippen molar-refractivity contribution in [2.75, 3.05) is 18.6 Å².